The predicted molar refractivity (Wildman–Crippen MR) is 116 cm³/mol. The van der Waals surface area contributed by atoms with Gasteiger partial charge in [0.15, 0.2) is 11.5 Å². The van der Waals surface area contributed by atoms with Crippen LogP contribution in [-0.4, -0.2) is 29.8 Å². The Morgan fingerprint density at radius 1 is 1.20 bits per heavy atom. The molecular weight excluding hydrogens is 402 g/mol. The Hall–Kier alpha value is -2.87. The molecule has 0 aliphatic carbocycles. The van der Waals surface area contributed by atoms with E-state index >= 15 is 0 Å². The zero-order valence-electron chi connectivity index (χ0n) is 17.2. The average Bonchev–Trinajstić information content (AvgIpc) is 3.40. The van der Waals surface area contributed by atoms with E-state index in [1.807, 2.05) is 18.2 Å². The van der Waals surface area contributed by atoms with Gasteiger partial charge in [-0.15, -0.1) is 11.3 Å². The predicted octanol–water partition coefficient (Wildman–Crippen LogP) is 4.48. The number of rotatable bonds is 9. The number of hydrogen-bond donors (Lipinski definition) is 1. The number of hydrogen-bond acceptors (Lipinski definition) is 8. The van der Waals surface area contributed by atoms with Gasteiger partial charge >= 0.3 is 5.97 Å². The summed E-state index contributed by atoms with van der Waals surface area (Å²) in [5.74, 6) is 3.02. The number of esters is 1. The van der Waals surface area contributed by atoms with Crippen LogP contribution in [0.25, 0.3) is 10.2 Å². The van der Waals surface area contributed by atoms with Crippen LogP contribution < -0.4 is 14.8 Å². The number of nitrogens with zero attached hydrogens (tertiary/aromatic N) is 2. The van der Waals surface area contributed by atoms with Gasteiger partial charge in [0.05, 0.1) is 12.5 Å². The zero-order chi connectivity index (χ0) is 20.9. The third kappa shape index (κ3) is 4.64. The largest absolute Gasteiger partial charge is 0.469 e. The molecule has 0 saturated heterocycles. The fraction of sp³-hybridized carbons (Fsp3) is 0.409. The van der Waals surface area contributed by atoms with Crippen LogP contribution in [0.5, 0.6) is 11.5 Å². The Morgan fingerprint density at radius 3 is 2.90 bits per heavy atom. The smallest absolute Gasteiger partial charge is 0.305 e. The van der Waals surface area contributed by atoms with Crippen molar-refractivity contribution in [1.29, 1.82) is 0 Å². The van der Waals surface area contributed by atoms with Gasteiger partial charge in [-0.25, -0.2) is 9.97 Å². The van der Waals surface area contributed by atoms with Crippen molar-refractivity contribution in [3.63, 3.8) is 0 Å². The highest BCUT2D eigenvalue weighted by atomic mass is 32.1. The normalized spacial score (nSPS) is 12.3. The molecular formula is C22H25N3O4S. The summed E-state index contributed by atoms with van der Waals surface area (Å²) in [5, 5.41) is 4.53. The van der Waals surface area contributed by atoms with Crippen molar-refractivity contribution < 1.29 is 19.0 Å². The number of benzene rings is 1. The first-order valence-corrected chi connectivity index (χ1v) is 11.0. The van der Waals surface area contributed by atoms with Crippen LogP contribution in [0.4, 0.5) is 5.82 Å². The van der Waals surface area contributed by atoms with Gasteiger partial charge in [-0.3, -0.25) is 4.79 Å². The van der Waals surface area contributed by atoms with Gasteiger partial charge in [-0.05, 0) is 43.0 Å². The van der Waals surface area contributed by atoms with Crippen molar-refractivity contribution in [3.8, 4) is 11.5 Å². The Balaban J connectivity index is 1.49. The number of carbonyl (C=O) groups excluding carboxylic acids is 1. The number of anilines is 1. The Kier molecular flexibility index (Phi) is 6.32. The highest BCUT2D eigenvalue weighted by Gasteiger charge is 2.15. The Labute approximate surface area is 179 Å². The number of methoxy groups -OCH3 is 1. The Morgan fingerprint density at radius 2 is 2.07 bits per heavy atom. The average molecular weight is 428 g/mol. The van der Waals surface area contributed by atoms with Crippen molar-refractivity contribution in [2.24, 2.45) is 0 Å². The minimum atomic E-state index is -0.178. The van der Waals surface area contributed by atoms with Crippen LogP contribution in [-0.2, 0) is 28.9 Å². The van der Waals surface area contributed by atoms with Crippen LogP contribution >= 0.6 is 11.3 Å². The minimum Gasteiger partial charge on any atom is -0.469 e. The van der Waals surface area contributed by atoms with Crippen molar-refractivity contribution >= 4 is 33.3 Å². The lowest BCUT2D eigenvalue weighted by molar-refractivity contribution is -0.140. The molecule has 0 radical (unpaired) electrons. The molecule has 3 aromatic rings. The van der Waals surface area contributed by atoms with Gasteiger partial charge in [-0.1, -0.05) is 13.0 Å². The van der Waals surface area contributed by atoms with Gasteiger partial charge < -0.3 is 19.5 Å². The van der Waals surface area contributed by atoms with Gasteiger partial charge in [-0.2, -0.15) is 0 Å². The number of thiophene rings is 1. The van der Waals surface area contributed by atoms with E-state index in [0.29, 0.717) is 13.0 Å². The maximum atomic E-state index is 11.3. The van der Waals surface area contributed by atoms with Crippen molar-refractivity contribution in [3.05, 3.63) is 40.5 Å². The lowest BCUT2D eigenvalue weighted by Crippen LogP contribution is -2.05. The van der Waals surface area contributed by atoms with E-state index in [1.165, 1.54) is 12.0 Å². The fourth-order valence-corrected chi connectivity index (χ4v) is 4.31. The summed E-state index contributed by atoms with van der Waals surface area (Å²) in [6, 6.07) is 8.12. The van der Waals surface area contributed by atoms with E-state index in [-0.39, 0.29) is 12.8 Å². The number of carbonyl (C=O) groups is 1. The summed E-state index contributed by atoms with van der Waals surface area (Å²) >= 11 is 1.71. The maximum absolute atomic E-state index is 11.3. The molecule has 1 N–H and O–H groups in total. The summed E-state index contributed by atoms with van der Waals surface area (Å²) < 4.78 is 15.6. The molecule has 7 nitrogen and oxygen atoms in total. The van der Waals surface area contributed by atoms with Crippen LogP contribution in [0.1, 0.15) is 42.5 Å². The molecule has 1 aliphatic rings. The molecule has 0 saturated carbocycles. The first-order valence-electron chi connectivity index (χ1n) is 10.1. The number of nitrogens with one attached hydrogen (secondary N) is 1. The van der Waals surface area contributed by atoms with E-state index < -0.39 is 0 Å². The van der Waals surface area contributed by atoms with Gasteiger partial charge in [0.1, 0.15) is 16.5 Å². The van der Waals surface area contributed by atoms with Crippen LogP contribution in [0, 0.1) is 0 Å². The number of aryl methyl sites for hydroxylation is 2. The zero-order valence-corrected chi connectivity index (χ0v) is 18.0. The van der Waals surface area contributed by atoms with Crippen molar-refractivity contribution in [2.45, 2.75) is 45.6 Å². The minimum absolute atomic E-state index is 0.178. The molecule has 1 aliphatic heterocycles. The second kappa shape index (κ2) is 9.30. The molecule has 158 valence electrons. The highest BCUT2D eigenvalue weighted by Crippen LogP contribution is 2.33. The third-order valence-corrected chi connectivity index (χ3v) is 6.17. The lowest BCUT2D eigenvalue weighted by atomic mass is 10.2. The molecule has 4 rings (SSSR count). The first-order chi connectivity index (χ1) is 14.7. The topological polar surface area (TPSA) is 82.6 Å². The molecule has 0 spiro atoms. The second-order valence-corrected chi connectivity index (χ2v) is 8.21. The standard InChI is InChI=1S/C22H25N3O4S/c1-3-15-11-16-21(23-12-14-8-9-17-18(10-14)29-13-28-17)24-19(25-22(16)30-15)6-4-5-7-20(26)27-2/h8-11H,3-7,12-13H2,1-2H3,(H,23,24,25). The second-order valence-electron chi connectivity index (χ2n) is 7.10. The van der Waals surface area contributed by atoms with Crippen molar-refractivity contribution in [1.82, 2.24) is 9.97 Å². The van der Waals surface area contributed by atoms with Crippen LogP contribution in [0.2, 0.25) is 0 Å². The number of ether oxygens (including phenoxy) is 3. The summed E-state index contributed by atoms with van der Waals surface area (Å²) in [5.41, 5.74) is 1.09. The van der Waals surface area contributed by atoms with E-state index in [9.17, 15) is 4.79 Å². The monoisotopic (exact) mass is 427 g/mol. The molecule has 3 heterocycles. The SMILES string of the molecule is CCc1cc2c(NCc3ccc4c(c3)OCO4)nc(CCCCC(=O)OC)nc2s1. The molecule has 0 atom stereocenters. The third-order valence-electron chi connectivity index (χ3n) is 4.99. The maximum Gasteiger partial charge on any atom is 0.305 e. The van der Waals surface area contributed by atoms with E-state index in [4.69, 9.17) is 24.2 Å². The van der Waals surface area contributed by atoms with Gasteiger partial charge in [0, 0.05) is 24.3 Å². The number of aromatic nitrogens is 2. The van der Waals surface area contributed by atoms with Crippen LogP contribution in [0.3, 0.4) is 0 Å². The fourth-order valence-electron chi connectivity index (χ4n) is 3.33. The van der Waals surface area contributed by atoms with Gasteiger partial charge in [0.25, 0.3) is 0 Å². The number of fused-ring (bicyclic) bond motifs is 2. The summed E-state index contributed by atoms with van der Waals surface area (Å²) in [6.45, 7) is 3.04. The molecule has 0 unspecified atom stereocenters. The first kappa shape index (κ1) is 20.4. The quantitative estimate of drug-likeness (QED) is 0.398. The van der Waals surface area contributed by atoms with Crippen LogP contribution in [0.15, 0.2) is 24.3 Å². The molecule has 0 fully saturated rings. The molecule has 2 aromatic heterocycles. The van der Waals surface area contributed by atoms with Gasteiger partial charge in [0.2, 0.25) is 6.79 Å². The highest BCUT2D eigenvalue weighted by molar-refractivity contribution is 7.18. The van der Waals surface area contributed by atoms with E-state index in [1.54, 1.807) is 11.3 Å². The lowest BCUT2D eigenvalue weighted by Gasteiger charge is -2.10. The molecule has 1 aromatic carbocycles. The molecule has 0 amide bonds. The summed E-state index contributed by atoms with van der Waals surface area (Å²) in [4.78, 5) is 23.1. The molecule has 0 bridgehead atoms. The number of unbranched alkanes of at least 4 members (excludes halogenated alkanes) is 1. The Bertz CT molecular complexity index is 1050. The summed E-state index contributed by atoms with van der Waals surface area (Å²) in [7, 11) is 1.42. The summed E-state index contributed by atoms with van der Waals surface area (Å²) in [6.07, 6.45) is 3.72. The van der Waals surface area contributed by atoms with Crippen molar-refractivity contribution in [2.75, 3.05) is 19.2 Å². The van der Waals surface area contributed by atoms with E-state index in [0.717, 1.165) is 64.6 Å². The van der Waals surface area contributed by atoms with E-state index in [2.05, 4.69) is 18.3 Å². The molecule has 8 heteroatoms. The molecule has 30 heavy (non-hydrogen) atoms.